The third kappa shape index (κ3) is 2.69. The molecule has 7 nitrogen and oxygen atoms in total. The SMILES string of the molecule is NS(=O)(=O)CC1CCN(C(=O)c2cn3ccsc3n2)C1. The topological polar surface area (TPSA) is 97.8 Å². The molecular weight excluding hydrogens is 300 g/mol. The van der Waals surface area contributed by atoms with Crippen molar-refractivity contribution in [2.75, 3.05) is 18.8 Å². The van der Waals surface area contributed by atoms with Gasteiger partial charge in [0.15, 0.2) is 4.96 Å². The second kappa shape index (κ2) is 4.83. The van der Waals surface area contributed by atoms with Gasteiger partial charge in [-0.15, -0.1) is 11.3 Å². The lowest BCUT2D eigenvalue weighted by atomic mass is 10.2. The van der Waals surface area contributed by atoms with E-state index < -0.39 is 10.0 Å². The van der Waals surface area contributed by atoms with Crippen molar-refractivity contribution < 1.29 is 13.2 Å². The van der Waals surface area contributed by atoms with Gasteiger partial charge in [0, 0.05) is 30.9 Å². The number of primary sulfonamides is 1. The Morgan fingerprint density at radius 1 is 1.55 bits per heavy atom. The van der Waals surface area contributed by atoms with E-state index in [1.54, 1.807) is 15.5 Å². The second-order valence-electron chi connectivity index (χ2n) is 4.95. The van der Waals surface area contributed by atoms with E-state index in [1.807, 2.05) is 11.6 Å². The van der Waals surface area contributed by atoms with Gasteiger partial charge in [-0.3, -0.25) is 9.20 Å². The second-order valence-corrected chi connectivity index (χ2v) is 7.49. The minimum atomic E-state index is -3.49. The van der Waals surface area contributed by atoms with Crippen LogP contribution < -0.4 is 5.14 Å². The molecule has 108 valence electrons. The van der Waals surface area contributed by atoms with Crippen LogP contribution in [0.15, 0.2) is 17.8 Å². The van der Waals surface area contributed by atoms with Gasteiger partial charge in [-0.25, -0.2) is 18.5 Å². The lowest BCUT2D eigenvalue weighted by Crippen LogP contribution is -2.31. The Labute approximate surface area is 120 Å². The monoisotopic (exact) mass is 314 g/mol. The van der Waals surface area contributed by atoms with Gasteiger partial charge in [0.1, 0.15) is 5.69 Å². The number of fused-ring (bicyclic) bond motifs is 1. The molecule has 2 N–H and O–H groups in total. The summed E-state index contributed by atoms with van der Waals surface area (Å²) < 4.78 is 24.0. The molecule has 1 atom stereocenters. The van der Waals surface area contributed by atoms with E-state index in [9.17, 15) is 13.2 Å². The molecule has 0 aliphatic carbocycles. The molecular formula is C11H14N4O3S2. The first kappa shape index (κ1) is 13.5. The predicted octanol–water partition coefficient (Wildman–Crippen LogP) is 0.146. The van der Waals surface area contributed by atoms with Crippen molar-refractivity contribution in [3.05, 3.63) is 23.5 Å². The molecule has 3 heterocycles. The zero-order chi connectivity index (χ0) is 14.3. The van der Waals surface area contributed by atoms with Gasteiger partial charge in [0.05, 0.1) is 5.75 Å². The zero-order valence-electron chi connectivity index (χ0n) is 10.6. The van der Waals surface area contributed by atoms with Crippen LogP contribution in [0.3, 0.4) is 0 Å². The van der Waals surface area contributed by atoms with Gasteiger partial charge in [-0.1, -0.05) is 0 Å². The smallest absolute Gasteiger partial charge is 0.274 e. The summed E-state index contributed by atoms with van der Waals surface area (Å²) in [6.45, 7) is 0.963. The van der Waals surface area contributed by atoms with Gasteiger partial charge in [0.25, 0.3) is 5.91 Å². The van der Waals surface area contributed by atoms with Crippen LogP contribution in [0.5, 0.6) is 0 Å². The standard InChI is InChI=1S/C11H14N4O3S2/c12-20(17,18)7-8-1-2-14(5-8)10(16)9-6-15-3-4-19-11(15)13-9/h3-4,6,8H,1-2,5,7H2,(H2,12,17,18). The number of carbonyl (C=O) groups is 1. The Morgan fingerprint density at radius 3 is 3.05 bits per heavy atom. The highest BCUT2D eigenvalue weighted by Crippen LogP contribution is 2.20. The van der Waals surface area contributed by atoms with Crippen LogP contribution >= 0.6 is 11.3 Å². The van der Waals surface area contributed by atoms with E-state index in [-0.39, 0.29) is 17.6 Å². The molecule has 1 amide bonds. The van der Waals surface area contributed by atoms with E-state index in [0.29, 0.717) is 25.2 Å². The average Bonchev–Trinajstić information content (AvgIpc) is 2.98. The van der Waals surface area contributed by atoms with E-state index in [2.05, 4.69) is 4.98 Å². The average molecular weight is 314 g/mol. The molecule has 20 heavy (non-hydrogen) atoms. The molecule has 0 bridgehead atoms. The molecule has 0 saturated carbocycles. The molecule has 1 aliphatic heterocycles. The molecule has 0 aromatic carbocycles. The van der Waals surface area contributed by atoms with Crippen molar-refractivity contribution >= 4 is 32.2 Å². The maximum absolute atomic E-state index is 12.3. The van der Waals surface area contributed by atoms with Gasteiger partial charge in [-0.05, 0) is 12.3 Å². The Morgan fingerprint density at radius 2 is 2.35 bits per heavy atom. The summed E-state index contributed by atoms with van der Waals surface area (Å²) in [4.78, 5) is 19.0. The van der Waals surface area contributed by atoms with Crippen molar-refractivity contribution in [3.63, 3.8) is 0 Å². The van der Waals surface area contributed by atoms with Gasteiger partial charge < -0.3 is 4.90 Å². The molecule has 0 radical (unpaired) electrons. The number of imidazole rings is 1. The van der Waals surface area contributed by atoms with Crippen molar-refractivity contribution in [1.82, 2.24) is 14.3 Å². The molecule has 1 fully saturated rings. The van der Waals surface area contributed by atoms with E-state index in [4.69, 9.17) is 5.14 Å². The third-order valence-corrected chi connectivity index (χ3v) is 5.06. The van der Waals surface area contributed by atoms with Crippen molar-refractivity contribution in [2.24, 2.45) is 11.1 Å². The fourth-order valence-corrected chi connectivity index (χ4v) is 4.10. The number of amides is 1. The van der Waals surface area contributed by atoms with Gasteiger partial charge >= 0.3 is 0 Å². The first-order valence-corrected chi connectivity index (χ1v) is 8.74. The van der Waals surface area contributed by atoms with Crippen LogP contribution in [0.2, 0.25) is 0 Å². The van der Waals surface area contributed by atoms with Crippen LogP contribution in [-0.4, -0.2) is 47.5 Å². The number of thiazole rings is 1. The summed E-state index contributed by atoms with van der Waals surface area (Å²) in [7, 11) is -3.49. The van der Waals surface area contributed by atoms with Gasteiger partial charge in [-0.2, -0.15) is 0 Å². The molecule has 2 aromatic heterocycles. The number of nitrogens with zero attached hydrogens (tertiary/aromatic N) is 3. The van der Waals surface area contributed by atoms with Crippen LogP contribution in [0.4, 0.5) is 0 Å². The Bertz CT molecular complexity index is 720. The Balaban J connectivity index is 1.71. The molecule has 0 spiro atoms. The maximum atomic E-state index is 12.3. The summed E-state index contributed by atoms with van der Waals surface area (Å²) in [5, 5.41) is 6.94. The molecule has 2 aromatic rings. The number of carbonyl (C=O) groups excluding carboxylic acids is 1. The fraction of sp³-hybridized carbons (Fsp3) is 0.455. The molecule has 1 aliphatic rings. The normalized spacial score (nSPS) is 19.9. The fourth-order valence-electron chi connectivity index (χ4n) is 2.47. The number of likely N-dealkylation sites (tertiary alicyclic amines) is 1. The molecule has 3 rings (SSSR count). The summed E-state index contributed by atoms with van der Waals surface area (Å²) in [5.41, 5.74) is 0.396. The Hall–Kier alpha value is -1.45. The number of hydrogen-bond acceptors (Lipinski definition) is 5. The van der Waals surface area contributed by atoms with Crippen molar-refractivity contribution in [3.8, 4) is 0 Å². The lowest BCUT2D eigenvalue weighted by Gasteiger charge is -2.14. The largest absolute Gasteiger partial charge is 0.337 e. The van der Waals surface area contributed by atoms with Crippen LogP contribution in [-0.2, 0) is 10.0 Å². The number of nitrogens with two attached hydrogens (primary N) is 1. The lowest BCUT2D eigenvalue weighted by molar-refractivity contribution is 0.0783. The van der Waals surface area contributed by atoms with E-state index >= 15 is 0 Å². The first-order valence-electron chi connectivity index (χ1n) is 6.14. The van der Waals surface area contributed by atoms with Crippen LogP contribution in [0.1, 0.15) is 16.9 Å². The highest BCUT2D eigenvalue weighted by Gasteiger charge is 2.30. The minimum Gasteiger partial charge on any atom is -0.337 e. The minimum absolute atomic E-state index is 0.0743. The summed E-state index contributed by atoms with van der Waals surface area (Å²) >= 11 is 1.46. The zero-order valence-corrected chi connectivity index (χ0v) is 12.2. The van der Waals surface area contributed by atoms with Crippen molar-refractivity contribution in [2.45, 2.75) is 6.42 Å². The number of rotatable bonds is 3. The van der Waals surface area contributed by atoms with E-state index in [1.165, 1.54) is 11.3 Å². The first-order chi connectivity index (χ1) is 9.42. The van der Waals surface area contributed by atoms with Crippen LogP contribution in [0.25, 0.3) is 4.96 Å². The summed E-state index contributed by atoms with van der Waals surface area (Å²) in [6.07, 6.45) is 4.20. The molecule has 1 unspecified atom stereocenters. The number of hydrogen-bond donors (Lipinski definition) is 1. The van der Waals surface area contributed by atoms with E-state index in [0.717, 1.165) is 4.96 Å². The quantitative estimate of drug-likeness (QED) is 0.871. The third-order valence-electron chi connectivity index (χ3n) is 3.35. The predicted molar refractivity (Wildman–Crippen MR) is 75.1 cm³/mol. The van der Waals surface area contributed by atoms with Crippen LogP contribution in [0, 0.1) is 5.92 Å². The van der Waals surface area contributed by atoms with Crippen molar-refractivity contribution in [1.29, 1.82) is 0 Å². The van der Waals surface area contributed by atoms with Gasteiger partial charge in [0.2, 0.25) is 10.0 Å². The molecule has 1 saturated heterocycles. The maximum Gasteiger partial charge on any atom is 0.274 e. The summed E-state index contributed by atoms with van der Waals surface area (Å²) in [6, 6.07) is 0. The highest BCUT2D eigenvalue weighted by atomic mass is 32.2. The number of sulfonamides is 1. The summed E-state index contributed by atoms with van der Waals surface area (Å²) in [5.74, 6) is -0.315. The highest BCUT2D eigenvalue weighted by molar-refractivity contribution is 7.89. The number of aromatic nitrogens is 2. The Kier molecular flexibility index (Phi) is 3.27. The molecule has 9 heteroatoms.